The van der Waals surface area contributed by atoms with Crippen molar-refractivity contribution in [2.24, 2.45) is 0 Å². The summed E-state index contributed by atoms with van der Waals surface area (Å²) in [6.07, 6.45) is -2.53. The van der Waals surface area contributed by atoms with Crippen molar-refractivity contribution in [1.82, 2.24) is 15.3 Å². The number of hydrogen-bond donors (Lipinski definition) is 2. The van der Waals surface area contributed by atoms with E-state index in [2.05, 4.69) is 15.3 Å². The maximum atomic E-state index is 12.5. The zero-order valence-corrected chi connectivity index (χ0v) is 12.1. The first-order valence-corrected chi connectivity index (χ1v) is 6.63. The standard InChI is InChI=1S/C15H15F2N3O2/c1-8(10-3-5-11(6-4-10)14(16)17)18-15(22)12-7-13(21)20-9(2)19-12/h3-8,14H,1-2H3,(H,18,22)(H,19,20,21)/t8-/m1/s1. The third-order valence-electron chi connectivity index (χ3n) is 3.13. The molecule has 0 aliphatic carbocycles. The molecule has 1 aromatic carbocycles. The molecule has 0 aliphatic heterocycles. The summed E-state index contributed by atoms with van der Waals surface area (Å²) in [6, 6.07) is 6.40. The van der Waals surface area contributed by atoms with Gasteiger partial charge in [-0.1, -0.05) is 24.3 Å². The van der Waals surface area contributed by atoms with E-state index in [1.807, 2.05) is 0 Å². The molecular formula is C15H15F2N3O2. The van der Waals surface area contributed by atoms with E-state index in [-0.39, 0.29) is 11.3 Å². The predicted octanol–water partition coefficient (Wildman–Crippen LogP) is 2.51. The number of nitrogens with one attached hydrogen (secondary N) is 2. The van der Waals surface area contributed by atoms with E-state index in [4.69, 9.17) is 0 Å². The Balaban J connectivity index is 2.12. The van der Waals surface area contributed by atoms with E-state index >= 15 is 0 Å². The summed E-state index contributed by atoms with van der Waals surface area (Å²) in [5.74, 6) is -0.161. The van der Waals surface area contributed by atoms with Crippen molar-refractivity contribution in [3.8, 4) is 0 Å². The molecule has 2 aromatic rings. The second-order valence-corrected chi connectivity index (χ2v) is 4.88. The van der Waals surface area contributed by atoms with E-state index in [1.54, 1.807) is 13.8 Å². The van der Waals surface area contributed by atoms with E-state index < -0.39 is 23.9 Å². The minimum Gasteiger partial charge on any atom is -0.344 e. The first kappa shape index (κ1) is 15.8. The summed E-state index contributed by atoms with van der Waals surface area (Å²) in [7, 11) is 0. The third-order valence-corrected chi connectivity index (χ3v) is 3.13. The SMILES string of the molecule is Cc1nc(C(=O)N[C@H](C)c2ccc(C(F)F)cc2)cc(=O)[nH]1. The fourth-order valence-corrected chi connectivity index (χ4v) is 1.98. The highest BCUT2D eigenvalue weighted by Crippen LogP contribution is 2.21. The number of H-pyrrole nitrogens is 1. The highest BCUT2D eigenvalue weighted by Gasteiger charge is 2.14. The molecule has 22 heavy (non-hydrogen) atoms. The van der Waals surface area contributed by atoms with Crippen LogP contribution in [0.15, 0.2) is 35.1 Å². The number of aromatic amines is 1. The molecule has 2 rings (SSSR count). The van der Waals surface area contributed by atoms with Gasteiger partial charge in [-0.25, -0.2) is 13.8 Å². The molecule has 0 radical (unpaired) electrons. The lowest BCUT2D eigenvalue weighted by molar-refractivity contribution is 0.0934. The predicted molar refractivity (Wildman–Crippen MR) is 76.9 cm³/mol. The molecule has 0 bridgehead atoms. The normalized spacial score (nSPS) is 12.2. The van der Waals surface area contributed by atoms with E-state index in [1.165, 1.54) is 24.3 Å². The van der Waals surface area contributed by atoms with Gasteiger partial charge in [-0.15, -0.1) is 0 Å². The van der Waals surface area contributed by atoms with Crippen LogP contribution in [0.5, 0.6) is 0 Å². The van der Waals surface area contributed by atoms with Gasteiger partial charge >= 0.3 is 0 Å². The van der Waals surface area contributed by atoms with Crippen LogP contribution >= 0.6 is 0 Å². The molecule has 1 heterocycles. The summed E-state index contributed by atoms with van der Waals surface area (Å²) in [6.45, 7) is 3.29. The number of nitrogens with zero attached hydrogens (tertiary/aromatic N) is 1. The van der Waals surface area contributed by atoms with Crippen LogP contribution in [0.4, 0.5) is 8.78 Å². The van der Waals surface area contributed by atoms with Crippen LogP contribution in [0.2, 0.25) is 0 Å². The van der Waals surface area contributed by atoms with Gasteiger partial charge in [0.25, 0.3) is 17.9 Å². The second kappa shape index (κ2) is 6.46. The van der Waals surface area contributed by atoms with Gasteiger partial charge in [0.2, 0.25) is 0 Å². The summed E-state index contributed by atoms with van der Waals surface area (Å²) >= 11 is 0. The smallest absolute Gasteiger partial charge is 0.270 e. The number of halogens is 2. The Labute approximate surface area is 125 Å². The average Bonchev–Trinajstić information content (AvgIpc) is 2.46. The molecule has 0 unspecified atom stereocenters. The fourth-order valence-electron chi connectivity index (χ4n) is 1.98. The number of carbonyl (C=O) groups is 1. The Hall–Kier alpha value is -2.57. The Bertz CT molecular complexity index is 726. The van der Waals surface area contributed by atoms with Crippen molar-refractivity contribution in [1.29, 1.82) is 0 Å². The third kappa shape index (κ3) is 3.75. The van der Waals surface area contributed by atoms with E-state index in [0.29, 0.717) is 11.4 Å². The number of carbonyl (C=O) groups excluding carboxylic acids is 1. The van der Waals surface area contributed by atoms with Crippen LogP contribution < -0.4 is 10.9 Å². The van der Waals surface area contributed by atoms with Crippen molar-refractivity contribution in [2.45, 2.75) is 26.3 Å². The van der Waals surface area contributed by atoms with Crippen molar-refractivity contribution in [3.63, 3.8) is 0 Å². The minimum absolute atomic E-state index is 0.0114. The number of aryl methyl sites for hydroxylation is 1. The molecule has 2 N–H and O–H groups in total. The quantitative estimate of drug-likeness (QED) is 0.911. The monoisotopic (exact) mass is 307 g/mol. The lowest BCUT2D eigenvalue weighted by Crippen LogP contribution is -2.29. The van der Waals surface area contributed by atoms with Crippen molar-refractivity contribution < 1.29 is 13.6 Å². The highest BCUT2D eigenvalue weighted by atomic mass is 19.3. The van der Waals surface area contributed by atoms with Crippen molar-refractivity contribution in [3.05, 3.63) is 63.3 Å². The Morgan fingerprint density at radius 1 is 1.23 bits per heavy atom. The molecule has 0 fully saturated rings. The molecule has 7 heteroatoms. The Kier molecular flexibility index (Phi) is 4.65. The zero-order chi connectivity index (χ0) is 16.3. The molecule has 0 saturated carbocycles. The molecule has 1 atom stereocenters. The van der Waals surface area contributed by atoms with Gasteiger partial charge in [-0.3, -0.25) is 9.59 Å². The zero-order valence-electron chi connectivity index (χ0n) is 12.1. The van der Waals surface area contributed by atoms with Gasteiger partial charge in [-0.05, 0) is 19.4 Å². The van der Waals surface area contributed by atoms with Gasteiger partial charge in [0, 0.05) is 11.6 Å². The summed E-state index contributed by atoms with van der Waals surface area (Å²) in [5, 5.41) is 2.67. The van der Waals surface area contributed by atoms with Gasteiger partial charge in [0.1, 0.15) is 11.5 Å². The van der Waals surface area contributed by atoms with Crippen LogP contribution in [0.1, 0.15) is 46.8 Å². The highest BCUT2D eigenvalue weighted by molar-refractivity contribution is 5.92. The van der Waals surface area contributed by atoms with Gasteiger partial charge < -0.3 is 10.3 Å². The largest absolute Gasteiger partial charge is 0.344 e. The average molecular weight is 307 g/mol. The molecule has 0 spiro atoms. The second-order valence-electron chi connectivity index (χ2n) is 4.88. The Morgan fingerprint density at radius 2 is 1.82 bits per heavy atom. The number of amides is 1. The van der Waals surface area contributed by atoms with Gasteiger partial charge in [0.15, 0.2) is 0 Å². The maximum Gasteiger partial charge on any atom is 0.270 e. The topological polar surface area (TPSA) is 74.8 Å². The number of alkyl halides is 2. The first-order valence-electron chi connectivity index (χ1n) is 6.63. The lowest BCUT2D eigenvalue weighted by Gasteiger charge is -2.14. The fraction of sp³-hybridized carbons (Fsp3) is 0.267. The molecule has 1 aromatic heterocycles. The summed E-state index contributed by atoms with van der Waals surface area (Å²) < 4.78 is 25.0. The maximum absolute atomic E-state index is 12.5. The number of aromatic nitrogens is 2. The lowest BCUT2D eigenvalue weighted by atomic mass is 10.1. The summed E-state index contributed by atoms with van der Waals surface area (Å²) in [4.78, 5) is 29.8. The van der Waals surface area contributed by atoms with Crippen LogP contribution in [0.25, 0.3) is 0 Å². The molecule has 116 valence electrons. The van der Waals surface area contributed by atoms with Crippen LogP contribution in [0.3, 0.4) is 0 Å². The molecule has 0 aliphatic rings. The molecular weight excluding hydrogens is 292 g/mol. The number of benzene rings is 1. The van der Waals surface area contributed by atoms with Crippen molar-refractivity contribution in [2.75, 3.05) is 0 Å². The number of hydrogen-bond acceptors (Lipinski definition) is 3. The summed E-state index contributed by atoms with van der Waals surface area (Å²) in [5.41, 5.74) is 0.206. The van der Waals surface area contributed by atoms with Crippen LogP contribution in [0, 0.1) is 6.92 Å². The molecule has 0 saturated heterocycles. The molecule has 5 nitrogen and oxygen atoms in total. The number of rotatable bonds is 4. The molecule has 1 amide bonds. The van der Waals surface area contributed by atoms with Crippen molar-refractivity contribution >= 4 is 5.91 Å². The Morgan fingerprint density at radius 3 is 2.36 bits per heavy atom. The van der Waals surface area contributed by atoms with Gasteiger partial charge in [-0.2, -0.15) is 0 Å². The van der Waals surface area contributed by atoms with E-state index in [0.717, 1.165) is 6.07 Å². The van der Waals surface area contributed by atoms with E-state index in [9.17, 15) is 18.4 Å². The minimum atomic E-state index is -2.53. The van der Waals surface area contributed by atoms with Gasteiger partial charge in [0.05, 0.1) is 6.04 Å². The first-order chi connectivity index (χ1) is 10.4. The van der Waals surface area contributed by atoms with Crippen LogP contribution in [-0.2, 0) is 0 Å². The van der Waals surface area contributed by atoms with Crippen LogP contribution in [-0.4, -0.2) is 15.9 Å².